The number of fused-ring (bicyclic) bond motifs is 1. The fraction of sp³-hybridized carbons (Fsp3) is 0.467. The van der Waals surface area contributed by atoms with Crippen molar-refractivity contribution in [1.29, 1.82) is 0 Å². The maximum atomic E-state index is 2.64. The molecule has 2 heteroatoms. The zero-order valence-electron chi connectivity index (χ0n) is 11.5. The van der Waals surface area contributed by atoms with Gasteiger partial charge in [-0.1, -0.05) is 37.4 Å². The quantitative estimate of drug-likeness (QED) is 0.712. The molecule has 0 aliphatic heterocycles. The van der Waals surface area contributed by atoms with Crippen LogP contribution in [0.2, 0.25) is 13.1 Å². The minimum Gasteiger partial charge on any atom is -0.396 e. The molecule has 0 heterocycles. The second kappa shape index (κ2) is 4.34. The first-order valence-corrected chi connectivity index (χ1v) is 8.73. The summed E-state index contributed by atoms with van der Waals surface area (Å²) < 4.78 is 2.64. The second-order valence-electron chi connectivity index (χ2n) is 5.96. The van der Waals surface area contributed by atoms with Gasteiger partial charge in [-0.05, 0) is 38.0 Å². The summed E-state index contributed by atoms with van der Waals surface area (Å²) in [4.78, 5) is 0. The van der Waals surface area contributed by atoms with Gasteiger partial charge in [-0.25, -0.2) is 0 Å². The summed E-state index contributed by atoms with van der Waals surface area (Å²) in [6.45, 7) is 11.7. The number of allylic oxidation sites excluding steroid dienone is 1. The van der Waals surface area contributed by atoms with E-state index in [-0.39, 0.29) is 5.54 Å². The highest BCUT2D eigenvalue weighted by Gasteiger charge is 2.29. The first-order chi connectivity index (χ1) is 7.89. The first kappa shape index (κ1) is 12.4. The van der Waals surface area contributed by atoms with Gasteiger partial charge < -0.3 is 4.57 Å². The maximum Gasteiger partial charge on any atom is 0.163 e. The Morgan fingerprint density at radius 2 is 1.76 bits per heavy atom. The minimum absolute atomic E-state index is 0.228. The van der Waals surface area contributed by atoms with Crippen LogP contribution in [0.1, 0.15) is 31.9 Å². The van der Waals surface area contributed by atoms with E-state index >= 15 is 0 Å². The normalized spacial score (nSPS) is 14.8. The summed E-state index contributed by atoms with van der Waals surface area (Å²) in [5, 5.41) is 0. The summed E-state index contributed by atoms with van der Waals surface area (Å²) in [5.74, 6) is 0. The third-order valence-electron chi connectivity index (χ3n) is 3.15. The van der Waals surface area contributed by atoms with Crippen molar-refractivity contribution < 1.29 is 0 Å². The largest absolute Gasteiger partial charge is 0.396 e. The lowest BCUT2D eigenvalue weighted by molar-refractivity contribution is 0.300. The molecule has 17 heavy (non-hydrogen) atoms. The van der Waals surface area contributed by atoms with Crippen molar-refractivity contribution >= 4 is 15.0 Å². The van der Waals surface area contributed by atoms with Gasteiger partial charge in [0.2, 0.25) is 0 Å². The van der Waals surface area contributed by atoms with E-state index in [4.69, 9.17) is 0 Å². The van der Waals surface area contributed by atoms with Crippen LogP contribution in [0, 0.1) is 0 Å². The van der Waals surface area contributed by atoms with Gasteiger partial charge in [0.25, 0.3) is 0 Å². The molecule has 1 radical (unpaired) electrons. The summed E-state index contributed by atoms with van der Waals surface area (Å²) in [6, 6.07) is 8.74. The Balaban J connectivity index is 2.32. The van der Waals surface area contributed by atoms with Crippen LogP contribution in [0.5, 0.6) is 0 Å². The van der Waals surface area contributed by atoms with Crippen molar-refractivity contribution in [3.63, 3.8) is 0 Å². The predicted molar refractivity (Wildman–Crippen MR) is 77.2 cm³/mol. The van der Waals surface area contributed by atoms with Gasteiger partial charge in [-0.3, -0.25) is 0 Å². The van der Waals surface area contributed by atoms with Gasteiger partial charge >= 0.3 is 0 Å². The van der Waals surface area contributed by atoms with Gasteiger partial charge in [-0.15, -0.1) is 0 Å². The molecule has 0 unspecified atom stereocenters. The molecule has 0 N–H and O–H groups in total. The first-order valence-electron chi connectivity index (χ1n) is 6.28. The number of nitrogens with zero attached hydrogens (tertiary/aromatic N) is 1. The molecule has 2 rings (SSSR count). The molecular weight excluding hydrogens is 222 g/mol. The van der Waals surface area contributed by atoms with Crippen molar-refractivity contribution in [3.8, 4) is 0 Å². The highest BCUT2D eigenvalue weighted by atomic mass is 28.3. The van der Waals surface area contributed by atoms with Crippen LogP contribution in [0.25, 0.3) is 6.08 Å². The average molecular weight is 244 g/mol. The van der Waals surface area contributed by atoms with E-state index in [2.05, 4.69) is 68.8 Å². The Morgan fingerprint density at radius 1 is 1.12 bits per heavy atom. The van der Waals surface area contributed by atoms with Crippen LogP contribution in [-0.2, 0) is 6.42 Å². The molecule has 0 aromatic heterocycles. The molecule has 0 saturated heterocycles. The van der Waals surface area contributed by atoms with Crippen LogP contribution in [0.4, 0.5) is 0 Å². The van der Waals surface area contributed by atoms with E-state index in [0.717, 1.165) is 6.42 Å². The van der Waals surface area contributed by atoms with E-state index in [9.17, 15) is 0 Å². The number of hydrogen-bond donors (Lipinski definition) is 0. The zero-order chi connectivity index (χ0) is 12.6. The van der Waals surface area contributed by atoms with E-state index in [1.807, 2.05) is 0 Å². The van der Waals surface area contributed by atoms with Gasteiger partial charge in [0, 0.05) is 17.7 Å². The molecule has 0 saturated carbocycles. The molecule has 1 aromatic rings. The molecule has 0 bridgehead atoms. The van der Waals surface area contributed by atoms with E-state index in [0.29, 0.717) is 0 Å². The Bertz CT molecular complexity index is 440. The third kappa shape index (κ3) is 2.47. The lowest BCUT2D eigenvalue weighted by Crippen LogP contribution is -2.47. The molecule has 1 aromatic carbocycles. The van der Waals surface area contributed by atoms with Crippen molar-refractivity contribution in [2.45, 2.75) is 45.8 Å². The smallest absolute Gasteiger partial charge is 0.163 e. The third-order valence-corrected chi connectivity index (χ3v) is 5.01. The summed E-state index contributed by atoms with van der Waals surface area (Å²) >= 11 is 0. The topological polar surface area (TPSA) is 3.24 Å². The highest BCUT2D eigenvalue weighted by molar-refractivity contribution is 6.53. The zero-order valence-corrected chi connectivity index (χ0v) is 12.5. The monoisotopic (exact) mass is 244 g/mol. The molecule has 1 aliphatic carbocycles. The van der Waals surface area contributed by atoms with Gasteiger partial charge in [-0.2, -0.15) is 0 Å². The average Bonchev–Trinajstić information content (AvgIpc) is 2.56. The Hall–Kier alpha value is -1.02. The molecule has 0 spiro atoms. The standard InChI is InChI=1S/C15H22NSi/c1-15(2,3)16(17(4)5)14-10-12-8-6-7-9-13(12)11-14/h6-10H,11H2,1-5H3. The maximum absolute atomic E-state index is 2.64. The van der Waals surface area contributed by atoms with Gasteiger partial charge in [0.15, 0.2) is 8.96 Å². The number of hydrogen-bond acceptors (Lipinski definition) is 1. The Labute approximate surface area is 107 Å². The summed E-state index contributed by atoms with van der Waals surface area (Å²) in [7, 11) is -0.465. The minimum atomic E-state index is -0.465. The van der Waals surface area contributed by atoms with Crippen molar-refractivity contribution in [1.82, 2.24) is 4.57 Å². The molecule has 91 valence electrons. The van der Waals surface area contributed by atoms with Crippen LogP contribution < -0.4 is 0 Å². The van der Waals surface area contributed by atoms with E-state index in [1.54, 1.807) is 0 Å². The SMILES string of the molecule is C[Si](C)N(C1=Cc2ccccc2C1)C(C)(C)C. The van der Waals surface area contributed by atoms with Crippen molar-refractivity contribution in [3.05, 3.63) is 41.1 Å². The molecule has 0 amide bonds. The van der Waals surface area contributed by atoms with E-state index in [1.165, 1.54) is 16.8 Å². The summed E-state index contributed by atoms with van der Waals surface area (Å²) in [5.41, 5.74) is 4.60. The van der Waals surface area contributed by atoms with E-state index < -0.39 is 8.96 Å². The second-order valence-corrected chi connectivity index (χ2v) is 8.31. The predicted octanol–water partition coefficient (Wildman–Crippen LogP) is 3.94. The molecule has 0 fully saturated rings. The van der Waals surface area contributed by atoms with Gasteiger partial charge in [0.1, 0.15) is 0 Å². The number of benzene rings is 1. The number of rotatable bonds is 2. The van der Waals surface area contributed by atoms with Crippen molar-refractivity contribution in [2.24, 2.45) is 0 Å². The van der Waals surface area contributed by atoms with Crippen LogP contribution in [-0.4, -0.2) is 19.1 Å². The highest BCUT2D eigenvalue weighted by Crippen LogP contribution is 2.31. The Morgan fingerprint density at radius 3 is 2.29 bits per heavy atom. The van der Waals surface area contributed by atoms with Crippen molar-refractivity contribution in [2.75, 3.05) is 0 Å². The summed E-state index contributed by atoms with van der Waals surface area (Å²) in [6.07, 6.45) is 3.47. The fourth-order valence-corrected chi connectivity index (χ4v) is 4.85. The molecular formula is C15H22NSi. The van der Waals surface area contributed by atoms with Gasteiger partial charge in [0.05, 0.1) is 0 Å². The Kier molecular flexibility index (Phi) is 3.17. The lowest BCUT2D eigenvalue weighted by atomic mass is 10.1. The fourth-order valence-electron chi connectivity index (χ4n) is 2.79. The van der Waals surface area contributed by atoms with Crippen LogP contribution >= 0.6 is 0 Å². The van der Waals surface area contributed by atoms with Crippen LogP contribution in [0.15, 0.2) is 30.0 Å². The molecule has 0 atom stereocenters. The molecule has 1 nitrogen and oxygen atoms in total. The molecule has 1 aliphatic rings. The lowest BCUT2D eigenvalue weighted by Gasteiger charge is -2.41. The van der Waals surface area contributed by atoms with Crippen LogP contribution in [0.3, 0.4) is 0 Å².